The van der Waals surface area contributed by atoms with Crippen molar-refractivity contribution in [1.82, 2.24) is 0 Å². The molecule has 2 atom stereocenters. The molecule has 42 heavy (non-hydrogen) atoms. The van der Waals surface area contributed by atoms with E-state index in [4.69, 9.17) is 0 Å². The fourth-order valence-electron chi connectivity index (χ4n) is 9.43. The summed E-state index contributed by atoms with van der Waals surface area (Å²) in [5.74, 6) is 0. The van der Waals surface area contributed by atoms with E-state index in [2.05, 4.69) is 153 Å². The van der Waals surface area contributed by atoms with Crippen LogP contribution in [0.15, 0.2) is 84.9 Å². The van der Waals surface area contributed by atoms with E-state index >= 15 is 0 Å². The molecule has 2 heteroatoms. The second-order valence-electron chi connectivity index (χ2n) is 17.3. The van der Waals surface area contributed by atoms with Crippen molar-refractivity contribution in [3.63, 3.8) is 0 Å². The van der Waals surface area contributed by atoms with E-state index in [1.54, 1.807) is 11.1 Å². The van der Waals surface area contributed by atoms with Gasteiger partial charge in [-0.2, -0.15) is 0 Å². The monoisotopic (exact) mass is 736 g/mol. The van der Waals surface area contributed by atoms with E-state index in [1.807, 2.05) is 0 Å². The van der Waals surface area contributed by atoms with Gasteiger partial charge in [0.2, 0.25) is 0 Å². The standard InChI is InChI=1S/2C17H15.C3H7.3CH3.Hf.H2Si/c2*1-12-9-10-13(2)17(11-12)16-8-4-6-14-5-3-7-15(14)16;1-3-2;;;;;/h2*3-11H,1-2H3;1,3H2,2H3;3*1H3;;1H2. The predicted molar refractivity (Wildman–Crippen MR) is 187 cm³/mol. The molecule has 0 nitrogen and oxygen atoms in total. The second-order valence-corrected chi connectivity index (χ2v) is 99.0. The molecule has 0 saturated carbocycles. The van der Waals surface area contributed by atoms with E-state index < -0.39 is 14.2 Å². The quantitative estimate of drug-likeness (QED) is 0.173. The van der Waals surface area contributed by atoms with Gasteiger partial charge in [-0.3, -0.25) is 0 Å². The first-order chi connectivity index (χ1) is 19.6. The molecule has 2 aliphatic rings. The molecule has 0 bridgehead atoms. The van der Waals surface area contributed by atoms with Crippen LogP contribution in [0.3, 0.4) is 0 Å². The minimum absolute atomic E-state index is 0.428. The van der Waals surface area contributed by atoms with Crippen LogP contribution in [0.1, 0.15) is 65.2 Å². The summed E-state index contributed by atoms with van der Waals surface area (Å²) in [4.78, 5) is 0. The van der Waals surface area contributed by atoms with Crippen molar-refractivity contribution in [3.05, 3.63) is 129 Å². The normalized spacial score (nSPS) is 20.0. The average Bonchev–Trinajstić information content (AvgIpc) is 3.58. The zero-order chi connectivity index (χ0) is 30.2. The van der Waals surface area contributed by atoms with Crippen LogP contribution in [0.5, 0.6) is 0 Å². The molecule has 0 N–H and O–H groups in total. The van der Waals surface area contributed by atoms with Gasteiger partial charge in [0.15, 0.2) is 0 Å². The third-order valence-corrected chi connectivity index (χ3v) is 58.3. The van der Waals surface area contributed by atoms with Gasteiger partial charge in [0.25, 0.3) is 0 Å². The molecule has 4 aromatic carbocycles. The first-order valence-corrected chi connectivity index (χ1v) is 41.7. The number of aryl methyl sites for hydroxylation is 4. The maximum atomic E-state index is 2.81. The van der Waals surface area contributed by atoms with Gasteiger partial charge in [0.05, 0.1) is 0 Å². The topological polar surface area (TPSA) is 0 Å². The molecule has 0 spiro atoms. The summed E-state index contributed by atoms with van der Waals surface area (Å²) in [5, 5.41) is 0. The first-order valence-electron chi connectivity index (χ1n) is 15.9. The third-order valence-electron chi connectivity index (χ3n) is 11.8. The Morgan fingerprint density at radius 1 is 0.595 bits per heavy atom. The third kappa shape index (κ3) is 4.23. The van der Waals surface area contributed by atoms with Crippen LogP contribution in [-0.2, 0) is 14.2 Å². The van der Waals surface area contributed by atoms with Crippen molar-refractivity contribution in [3.8, 4) is 22.3 Å². The molecule has 0 saturated heterocycles. The molecular weight excluding hydrogens is 687 g/mol. The van der Waals surface area contributed by atoms with Crippen LogP contribution in [-0.4, -0.2) is 6.94 Å². The van der Waals surface area contributed by atoms with Crippen molar-refractivity contribution < 1.29 is 14.2 Å². The number of allylic oxidation sites excluding steroid dienone is 2. The number of fused-ring (bicyclic) bond motifs is 2. The van der Waals surface area contributed by atoms with Crippen molar-refractivity contribution >= 4 is 19.1 Å². The van der Waals surface area contributed by atoms with Gasteiger partial charge in [-0.05, 0) is 0 Å². The molecule has 2 unspecified atom stereocenters. The SMILES string of the molecule is CC[CH2][Hf]([CH3])([CH3])([CH3])(=[SiH2])([CH]1C=Cc2c(-c3cc(C)ccc3C)cccc21)[CH]1C=Cc2c(-c3cc(C)ccc3C)cccc21. The zero-order valence-corrected chi connectivity index (χ0v) is 32.0. The van der Waals surface area contributed by atoms with Crippen LogP contribution in [0, 0.1) is 27.7 Å². The summed E-state index contributed by atoms with van der Waals surface area (Å²) in [6.45, 7) is 13.8. The fourth-order valence-corrected chi connectivity index (χ4v) is 51.1. The van der Waals surface area contributed by atoms with Gasteiger partial charge in [-0.15, -0.1) is 0 Å². The fraction of sp³-hybridized carbons (Fsp3) is 0.300. The van der Waals surface area contributed by atoms with Crippen molar-refractivity contribution in [2.24, 2.45) is 0 Å². The van der Waals surface area contributed by atoms with E-state index in [1.165, 1.54) is 66.2 Å². The van der Waals surface area contributed by atoms with Crippen LogP contribution in [0.25, 0.3) is 34.4 Å². The molecule has 0 aromatic heterocycles. The van der Waals surface area contributed by atoms with Gasteiger partial charge in [0, 0.05) is 0 Å². The Labute approximate surface area is 250 Å². The second kappa shape index (κ2) is 8.76. The van der Waals surface area contributed by atoms with Crippen LogP contribution < -0.4 is 0 Å². The van der Waals surface area contributed by atoms with E-state index in [0.29, 0.717) is 7.35 Å². The zero-order valence-electron chi connectivity index (χ0n) is 27.0. The van der Waals surface area contributed by atoms with Crippen LogP contribution >= 0.6 is 0 Å². The number of hydrogen-bond acceptors (Lipinski definition) is 0. The molecule has 2 aliphatic carbocycles. The molecule has 0 fully saturated rings. The Hall–Kier alpha value is -2.55. The Morgan fingerprint density at radius 2 is 1.02 bits per heavy atom. The van der Waals surface area contributed by atoms with Gasteiger partial charge in [0.1, 0.15) is 0 Å². The predicted octanol–water partition coefficient (Wildman–Crippen LogP) is 11.4. The molecule has 0 radical (unpaired) electrons. The Bertz CT molecular complexity index is 1850. The molecule has 6 rings (SSSR count). The summed E-state index contributed by atoms with van der Waals surface area (Å²) in [6.07, 6.45) is 11.4. The molecule has 4 aromatic rings. The van der Waals surface area contributed by atoms with Gasteiger partial charge < -0.3 is 0 Å². The molecule has 216 valence electrons. The average molecular weight is 735 g/mol. The van der Waals surface area contributed by atoms with E-state index in [0.717, 1.165) is 0 Å². The van der Waals surface area contributed by atoms with Crippen molar-refractivity contribution in [1.29, 1.82) is 0 Å². The first kappa shape index (κ1) is 29.5. The maximum absolute atomic E-state index is 4.88. The van der Waals surface area contributed by atoms with Gasteiger partial charge in [-0.1, -0.05) is 0 Å². The van der Waals surface area contributed by atoms with Crippen LogP contribution in [0.2, 0.25) is 18.2 Å². The molecular formula is C40H48HfSi. The van der Waals surface area contributed by atoms with Gasteiger partial charge in [-0.25, -0.2) is 0 Å². The van der Waals surface area contributed by atoms with Crippen molar-refractivity contribution in [2.75, 3.05) is 0 Å². The van der Waals surface area contributed by atoms with Crippen molar-refractivity contribution in [2.45, 2.75) is 66.6 Å². The Kier molecular flexibility index (Phi) is 6.16. The molecule has 0 heterocycles. The number of hydrogen-bond donors (Lipinski definition) is 0. The number of rotatable bonds is 6. The molecule has 0 amide bonds. The minimum atomic E-state index is -4.88. The number of benzene rings is 4. The summed E-state index contributed by atoms with van der Waals surface area (Å²) in [5.41, 5.74) is 16.8. The van der Waals surface area contributed by atoms with Crippen LogP contribution in [0.4, 0.5) is 0 Å². The van der Waals surface area contributed by atoms with Gasteiger partial charge >= 0.3 is 252 Å². The van der Waals surface area contributed by atoms with E-state index in [9.17, 15) is 0 Å². The molecule has 0 aliphatic heterocycles. The summed E-state index contributed by atoms with van der Waals surface area (Å²) >= 11 is -4.88. The Morgan fingerprint density at radius 3 is 1.43 bits per heavy atom. The summed E-state index contributed by atoms with van der Waals surface area (Å²) in [7, 11) is 0. The Balaban J connectivity index is 1.58. The summed E-state index contributed by atoms with van der Waals surface area (Å²) < 4.78 is 10.6. The summed E-state index contributed by atoms with van der Waals surface area (Å²) in [6, 6.07) is 28.0. The van der Waals surface area contributed by atoms with E-state index in [-0.39, 0.29) is 0 Å².